The number of benzene rings is 8. The summed E-state index contributed by atoms with van der Waals surface area (Å²) in [6.07, 6.45) is 0. The Balaban J connectivity index is 1.08. The number of nitrogens with zero attached hydrogens (tertiary/aromatic N) is 3. The van der Waals surface area contributed by atoms with Gasteiger partial charge < -0.3 is 8.83 Å². The number of thiophene rings is 1. The van der Waals surface area contributed by atoms with Crippen LogP contribution in [-0.2, 0) is 0 Å². The van der Waals surface area contributed by atoms with E-state index in [1.807, 2.05) is 96.3 Å². The third-order valence-corrected chi connectivity index (χ3v) is 12.1. The molecule has 0 saturated carbocycles. The predicted molar refractivity (Wildman–Crippen MR) is 234 cm³/mol. The highest BCUT2D eigenvalue weighted by Crippen LogP contribution is 2.46. The summed E-state index contributed by atoms with van der Waals surface area (Å²) in [6.45, 7) is 0. The van der Waals surface area contributed by atoms with E-state index in [0.29, 0.717) is 17.5 Å². The van der Waals surface area contributed by atoms with Crippen LogP contribution in [0.3, 0.4) is 0 Å². The molecule has 0 unspecified atom stereocenters. The summed E-state index contributed by atoms with van der Waals surface area (Å²) in [5.41, 5.74) is 10.6. The van der Waals surface area contributed by atoms with Crippen molar-refractivity contribution in [1.29, 1.82) is 0 Å². The SMILES string of the molecule is c1ccc(-c2nc(-c3ccccc3)nc(-c3cccc4oc5c(-c6cc(-c7ccc8oc9ccccc9c8c7)c7c(c6)sc6ccccc67)cccc5c34)n2)cc1. The molecule has 5 nitrogen and oxygen atoms in total. The van der Waals surface area contributed by atoms with Gasteiger partial charge in [0, 0.05) is 64.0 Å². The molecule has 0 amide bonds. The molecule has 266 valence electrons. The van der Waals surface area contributed by atoms with Gasteiger partial charge in [-0.2, -0.15) is 0 Å². The van der Waals surface area contributed by atoms with Crippen molar-refractivity contribution in [3.05, 3.63) is 176 Å². The lowest BCUT2D eigenvalue weighted by atomic mass is 9.93. The maximum absolute atomic E-state index is 6.86. The van der Waals surface area contributed by atoms with Crippen molar-refractivity contribution in [3.63, 3.8) is 0 Å². The third kappa shape index (κ3) is 5.12. The highest BCUT2D eigenvalue weighted by Gasteiger charge is 2.21. The van der Waals surface area contributed by atoms with Crippen molar-refractivity contribution in [2.24, 2.45) is 0 Å². The predicted octanol–water partition coefficient (Wildman–Crippen LogP) is 14.4. The second kappa shape index (κ2) is 12.6. The van der Waals surface area contributed by atoms with Gasteiger partial charge in [0.25, 0.3) is 0 Å². The Morgan fingerprint density at radius 2 is 0.965 bits per heavy atom. The van der Waals surface area contributed by atoms with E-state index in [9.17, 15) is 0 Å². The number of hydrogen-bond donors (Lipinski definition) is 0. The van der Waals surface area contributed by atoms with Gasteiger partial charge in [0.1, 0.15) is 22.3 Å². The molecular formula is C51H29N3O2S. The van der Waals surface area contributed by atoms with Gasteiger partial charge in [-0.3, -0.25) is 0 Å². The summed E-state index contributed by atoms with van der Waals surface area (Å²) in [7, 11) is 0. The number of furan rings is 2. The van der Waals surface area contributed by atoms with Gasteiger partial charge in [-0.05, 0) is 59.2 Å². The smallest absolute Gasteiger partial charge is 0.164 e. The third-order valence-electron chi connectivity index (χ3n) is 10.9. The van der Waals surface area contributed by atoms with Crippen LogP contribution < -0.4 is 0 Å². The van der Waals surface area contributed by atoms with Crippen molar-refractivity contribution >= 4 is 75.4 Å². The maximum Gasteiger partial charge on any atom is 0.164 e. The fraction of sp³-hybridized carbons (Fsp3) is 0. The summed E-state index contributed by atoms with van der Waals surface area (Å²) < 4.78 is 15.6. The molecule has 6 heteroatoms. The molecule has 4 aromatic heterocycles. The Hall–Kier alpha value is -7.41. The second-order valence-electron chi connectivity index (χ2n) is 14.3. The van der Waals surface area contributed by atoms with Crippen molar-refractivity contribution in [2.75, 3.05) is 0 Å². The number of fused-ring (bicyclic) bond motifs is 9. The zero-order valence-electron chi connectivity index (χ0n) is 30.3. The molecule has 8 aromatic carbocycles. The minimum absolute atomic E-state index is 0.595. The second-order valence-corrected chi connectivity index (χ2v) is 15.4. The number of aromatic nitrogens is 3. The summed E-state index contributed by atoms with van der Waals surface area (Å²) in [5.74, 6) is 1.84. The monoisotopic (exact) mass is 747 g/mol. The Bertz CT molecular complexity index is 3470. The lowest BCUT2D eigenvalue weighted by molar-refractivity contribution is 0.669. The van der Waals surface area contributed by atoms with Crippen molar-refractivity contribution < 1.29 is 8.83 Å². The van der Waals surface area contributed by atoms with Crippen LogP contribution in [0.5, 0.6) is 0 Å². The first-order chi connectivity index (χ1) is 28.2. The summed E-state index contributed by atoms with van der Waals surface area (Å²) >= 11 is 1.82. The van der Waals surface area contributed by atoms with Gasteiger partial charge in [-0.25, -0.2) is 15.0 Å². The average Bonchev–Trinajstić information content (AvgIpc) is 3.97. The van der Waals surface area contributed by atoms with Crippen LogP contribution in [-0.4, -0.2) is 15.0 Å². The first-order valence-corrected chi connectivity index (χ1v) is 19.7. The molecule has 0 aliphatic carbocycles. The molecule has 0 radical (unpaired) electrons. The fourth-order valence-electron chi connectivity index (χ4n) is 8.32. The van der Waals surface area contributed by atoms with Crippen LogP contribution in [0.4, 0.5) is 0 Å². The van der Waals surface area contributed by atoms with Crippen LogP contribution in [0.2, 0.25) is 0 Å². The van der Waals surface area contributed by atoms with E-state index in [1.165, 1.54) is 25.7 Å². The summed E-state index contributed by atoms with van der Waals surface area (Å²) in [4.78, 5) is 15.1. The van der Waals surface area contributed by atoms with Gasteiger partial charge in [-0.15, -0.1) is 11.3 Å². The summed E-state index contributed by atoms with van der Waals surface area (Å²) in [5, 5.41) is 6.71. The Kier molecular flexibility index (Phi) is 7.03. The number of hydrogen-bond acceptors (Lipinski definition) is 6. The fourth-order valence-corrected chi connectivity index (χ4v) is 9.49. The Morgan fingerprint density at radius 3 is 1.77 bits per heavy atom. The first-order valence-electron chi connectivity index (χ1n) is 18.9. The van der Waals surface area contributed by atoms with Gasteiger partial charge in [0.2, 0.25) is 0 Å². The molecule has 0 atom stereocenters. The highest BCUT2D eigenvalue weighted by atomic mass is 32.1. The molecule has 12 aromatic rings. The van der Waals surface area contributed by atoms with Crippen LogP contribution in [0, 0.1) is 0 Å². The topological polar surface area (TPSA) is 65.0 Å². The van der Waals surface area contributed by atoms with Gasteiger partial charge in [0.05, 0.1) is 0 Å². The molecule has 0 fully saturated rings. The summed E-state index contributed by atoms with van der Waals surface area (Å²) in [6, 6.07) is 60.9. The van der Waals surface area contributed by atoms with Crippen molar-refractivity contribution in [2.45, 2.75) is 0 Å². The van der Waals surface area contributed by atoms with Crippen LogP contribution in [0.1, 0.15) is 0 Å². The van der Waals surface area contributed by atoms with E-state index < -0.39 is 0 Å². The van der Waals surface area contributed by atoms with Crippen LogP contribution in [0.15, 0.2) is 185 Å². The molecule has 0 N–H and O–H groups in total. The molecule has 12 rings (SSSR count). The van der Waals surface area contributed by atoms with E-state index in [1.54, 1.807) is 0 Å². The van der Waals surface area contributed by atoms with E-state index >= 15 is 0 Å². The van der Waals surface area contributed by atoms with Gasteiger partial charge in [0.15, 0.2) is 17.5 Å². The maximum atomic E-state index is 6.86. The number of para-hydroxylation sites is 2. The first kappa shape index (κ1) is 31.9. The number of rotatable bonds is 5. The normalized spacial score (nSPS) is 11.9. The molecule has 0 spiro atoms. The Labute approximate surface area is 330 Å². The van der Waals surface area contributed by atoms with Crippen molar-refractivity contribution in [3.8, 4) is 56.4 Å². The molecule has 0 bridgehead atoms. The highest BCUT2D eigenvalue weighted by molar-refractivity contribution is 7.26. The average molecular weight is 748 g/mol. The molecule has 57 heavy (non-hydrogen) atoms. The zero-order valence-corrected chi connectivity index (χ0v) is 31.1. The van der Waals surface area contributed by atoms with Gasteiger partial charge >= 0.3 is 0 Å². The van der Waals surface area contributed by atoms with E-state index in [4.69, 9.17) is 23.8 Å². The molecule has 0 saturated heterocycles. The molecule has 4 heterocycles. The quantitative estimate of drug-likeness (QED) is 0.175. The Morgan fingerprint density at radius 1 is 0.333 bits per heavy atom. The van der Waals surface area contributed by atoms with Crippen molar-refractivity contribution in [1.82, 2.24) is 15.0 Å². The van der Waals surface area contributed by atoms with E-state index in [-0.39, 0.29) is 0 Å². The lowest BCUT2D eigenvalue weighted by Gasteiger charge is -2.10. The van der Waals surface area contributed by atoms with E-state index in [2.05, 4.69) is 91.0 Å². The van der Waals surface area contributed by atoms with E-state index in [0.717, 1.165) is 77.3 Å². The van der Waals surface area contributed by atoms with Crippen LogP contribution >= 0.6 is 11.3 Å². The minimum atomic E-state index is 0.595. The minimum Gasteiger partial charge on any atom is -0.456 e. The largest absolute Gasteiger partial charge is 0.456 e. The standard InChI is InChI=1S/C51H29N3O2S/c1-3-13-30(14-4-1)49-52-50(31-15-5-2-6-16-31)54-51(53-49)38-21-12-23-43-46(38)37-20-11-19-34(48(37)56-43)33-28-39(47-36-18-8-10-24-44(36)57-45(47)29-33)32-25-26-42-40(27-32)35-17-7-9-22-41(35)55-42/h1-29H. The molecule has 0 aliphatic rings. The molecule has 0 aliphatic heterocycles. The zero-order chi connectivity index (χ0) is 37.5. The van der Waals surface area contributed by atoms with Crippen LogP contribution in [0.25, 0.3) is 120 Å². The molecular weight excluding hydrogens is 719 g/mol. The van der Waals surface area contributed by atoms with Gasteiger partial charge in [-0.1, -0.05) is 133 Å². The lowest BCUT2D eigenvalue weighted by Crippen LogP contribution is -2.00.